The molecule has 0 saturated carbocycles. The number of carbonyl (C=O) groups excluding carboxylic acids is 1. The van der Waals surface area contributed by atoms with Crippen molar-refractivity contribution in [3.63, 3.8) is 0 Å². The Hall–Kier alpha value is -2.64. The first-order valence-electron chi connectivity index (χ1n) is 9.12. The van der Waals surface area contributed by atoms with Gasteiger partial charge in [0, 0.05) is 25.3 Å². The second-order valence-electron chi connectivity index (χ2n) is 6.95. The third-order valence-corrected chi connectivity index (χ3v) is 5.12. The van der Waals surface area contributed by atoms with Gasteiger partial charge in [0.25, 0.3) is 0 Å². The molecule has 0 spiro atoms. The number of nitriles is 1. The zero-order valence-corrected chi connectivity index (χ0v) is 15.5. The monoisotopic (exact) mass is 347 g/mol. The second-order valence-corrected chi connectivity index (χ2v) is 6.95. The summed E-state index contributed by atoms with van der Waals surface area (Å²) in [5.41, 5.74) is 5.93. The fraction of sp³-hybridized carbons (Fsp3) is 0.364. The lowest BCUT2D eigenvalue weighted by atomic mass is 10.00. The molecular formula is C22H25N3O. The molecule has 2 aromatic rings. The van der Waals surface area contributed by atoms with Gasteiger partial charge in [0.15, 0.2) is 0 Å². The second kappa shape index (κ2) is 8.16. The van der Waals surface area contributed by atoms with E-state index < -0.39 is 0 Å². The Morgan fingerprint density at radius 1 is 1.15 bits per heavy atom. The van der Waals surface area contributed by atoms with Crippen LogP contribution >= 0.6 is 0 Å². The van der Waals surface area contributed by atoms with Crippen molar-refractivity contribution < 1.29 is 4.79 Å². The Balaban J connectivity index is 1.74. The maximum atomic E-state index is 13.0. The van der Waals surface area contributed by atoms with Crippen molar-refractivity contribution in [2.75, 3.05) is 24.5 Å². The predicted molar refractivity (Wildman–Crippen MR) is 104 cm³/mol. The van der Waals surface area contributed by atoms with Crippen LogP contribution in [-0.2, 0) is 17.8 Å². The summed E-state index contributed by atoms with van der Waals surface area (Å²) in [5, 5.41) is 8.97. The Morgan fingerprint density at radius 3 is 2.65 bits per heavy atom. The van der Waals surface area contributed by atoms with Crippen molar-refractivity contribution in [1.82, 2.24) is 4.90 Å². The molecule has 26 heavy (non-hydrogen) atoms. The molecular weight excluding hydrogens is 322 g/mol. The predicted octanol–water partition coefficient (Wildman–Crippen LogP) is 3.61. The smallest absolute Gasteiger partial charge is 0.241 e. The maximum absolute atomic E-state index is 13.0. The molecule has 1 aliphatic heterocycles. The highest BCUT2D eigenvalue weighted by Gasteiger charge is 2.22. The minimum atomic E-state index is 0.0582. The van der Waals surface area contributed by atoms with E-state index in [4.69, 9.17) is 5.26 Å². The average Bonchev–Trinajstić information content (AvgIpc) is 2.64. The van der Waals surface area contributed by atoms with Crippen molar-refractivity contribution in [3.05, 3.63) is 64.7 Å². The van der Waals surface area contributed by atoms with Crippen molar-refractivity contribution in [1.29, 1.82) is 5.26 Å². The number of nitrogens with zero attached hydrogens (tertiary/aromatic N) is 3. The fourth-order valence-corrected chi connectivity index (χ4v) is 3.42. The van der Waals surface area contributed by atoms with Crippen LogP contribution in [0.3, 0.4) is 0 Å². The Kier molecular flexibility index (Phi) is 5.70. The number of carbonyl (C=O) groups is 1. The summed E-state index contributed by atoms with van der Waals surface area (Å²) in [6, 6.07) is 16.6. The summed E-state index contributed by atoms with van der Waals surface area (Å²) in [6.07, 6.45) is 1.31. The van der Waals surface area contributed by atoms with Crippen LogP contribution < -0.4 is 4.90 Å². The van der Waals surface area contributed by atoms with E-state index in [1.165, 1.54) is 16.7 Å². The fourth-order valence-electron chi connectivity index (χ4n) is 3.42. The zero-order chi connectivity index (χ0) is 18.5. The van der Waals surface area contributed by atoms with E-state index in [1.807, 2.05) is 25.1 Å². The number of hydrogen-bond acceptors (Lipinski definition) is 3. The summed E-state index contributed by atoms with van der Waals surface area (Å²) >= 11 is 0. The number of hydrogen-bond donors (Lipinski definition) is 0. The third kappa shape index (κ3) is 4.12. The molecule has 3 rings (SSSR count). The van der Waals surface area contributed by atoms with Gasteiger partial charge in [-0.3, -0.25) is 9.69 Å². The SMILES string of the molecule is Cc1ccc(N(CCC#N)C(=O)CN2CCc3ccccc3C2)cc1C. The quantitative estimate of drug-likeness (QED) is 0.830. The van der Waals surface area contributed by atoms with Gasteiger partial charge >= 0.3 is 0 Å². The highest BCUT2D eigenvalue weighted by atomic mass is 16.2. The van der Waals surface area contributed by atoms with Crippen LogP contribution in [0.4, 0.5) is 5.69 Å². The maximum Gasteiger partial charge on any atom is 0.241 e. The van der Waals surface area contributed by atoms with Crippen LogP contribution in [0.15, 0.2) is 42.5 Å². The van der Waals surface area contributed by atoms with Gasteiger partial charge in [0.1, 0.15) is 0 Å². The number of anilines is 1. The van der Waals surface area contributed by atoms with Crippen LogP contribution in [0.1, 0.15) is 28.7 Å². The van der Waals surface area contributed by atoms with Crippen LogP contribution in [0.25, 0.3) is 0 Å². The topological polar surface area (TPSA) is 47.3 Å². The highest BCUT2D eigenvalue weighted by molar-refractivity contribution is 5.95. The highest BCUT2D eigenvalue weighted by Crippen LogP contribution is 2.22. The van der Waals surface area contributed by atoms with Crippen LogP contribution in [0, 0.1) is 25.2 Å². The normalized spacial score (nSPS) is 13.7. The molecule has 1 aliphatic rings. The Labute approximate surface area is 155 Å². The summed E-state index contributed by atoms with van der Waals surface area (Å²) in [6.45, 7) is 6.62. The largest absolute Gasteiger partial charge is 0.310 e. The minimum Gasteiger partial charge on any atom is -0.310 e. The number of fused-ring (bicyclic) bond motifs is 1. The van der Waals surface area contributed by atoms with Crippen LogP contribution in [-0.4, -0.2) is 30.4 Å². The number of benzene rings is 2. The van der Waals surface area contributed by atoms with Crippen molar-refractivity contribution in [2.24, 2.45) is 0 Å². The molecule has 0 radical (unpaired) electrons. The van der Waals surface area contributed by atoms with Gasteiger partial charge in [-0.2, -0.15) is 5.26 Å². The molecule has 1 amide bonds. The molecule has 4 heteroatoms. The van der Waals surface area contributed by atoms with E-state index in [2.05, 4.69) is 42.2 Å². The molecule has 0 aromatic heterocycles. The molecule has 0 atom stereocenters. The zero-order valence-electron chi connectivity index (χ0n) is 15.5. The Bertz CT molecular complexity index is 838. The molecule has 0 N–H and O–H groups in total. The molecule has 0 bridgehead atoms. The molecule has 0 unspecified atom stereocenters. The average molecular weight is 347 g/mol. The summed E-state index contributed by atoms with van der Waals surface area (Å²) in [4.78, 5) is 17.0. The van der Waals surface area contributed by atoms with Crippen molar-refractivity contribution in [2.45, 2.75) is 33.2 Å². The molecule has 1 heterocycles. The first-order valence-corrected chi connectivity index (χ1v) is 9.12. The standard InChI is InChI=1S/C22H25N3O/c1-17-8-9-21(14-18(17)2)25(12-5-11-23)22(26)16-24-13-10-19-6-3-4-7-20(19)15-24/h3-4,6-9,14H,5,10,12-13,15-16H2,1-2H3. The van der Waals surface area contributed by atoms with Crippen molar-refractivity contribution in [3.8, 4) is 6.07 Å². The lowest BCUT2D eigenvalue weighted by molar-refractivity contribution is -0.119. The van der Waals surface area contributed by atoms with Gasteiger partial charge in [-0.05, 0) is 54.7 Å². The molecule has 4 nitrogen and oxygen atoms in total. The minimum absolute atomic E-state index is 0.0582. The van der Waals surface area contributed by atoms with Gasteiger partial charge in [-0.25, -0.2) is 0 Å². The van der Waals surface area contributed by atoms with Gasteiger partial charge in [-0.1, -0.05) is 30.3 Å². The van der Waals surface area contributed by atoms with E-state index in [-0.39, 0.29) is 5.91 Å². The van der Waals surface area contributed by atoms with Gasteiger partial charge in [0.2, 0.25) is 5.91 Å². The Morgan fingerprint density at radius 2 is 1.92 bits per heavy atom. The summed E-state index contributed by atoms with van der Waals surface area (Å²) < 4.78 is 0. The van der Waals surface area contributed by atoms with Gasteiger partial charge in [-0.15, -0.1) is 0 Å². The van der Waals surface area contributed by atoms with Gasteiger partial charge in [0.05, 0.1) is 19.0 Å². The van der Waals surface area contributed by atoms with E-state index in [0.29, 0.717) is 19.5 Å². The summed E-state index contributed by atoms with van der Waals surface area (Å²) in [5.74, 6) is 0.0582. The summed E-state index contributed by atoms with van der Waals surface area (Å²) in [7, 11) is 0. The molecule has 134 valence electrons. The van der Waals surface area contributed by atoms with E-state index in [0.717, 1.165) is 30.8 Å². The van der Waals surface area contributed by atoms with Crippen LogP contribution in [0.5, 0.6) is 0 Å². The molecule has 0 saturated heterocycles. The first kappa shape index (κ1) is 18.2. The van der Waals surface area contributed by atoms with Crippen LogP contribution in [0.2, 0.25) is 0 Å². The molecule has 0 aliphatic carbocycles. The van der Waals surface area contributed by atoms with E-state index in [1.54, 1.807) is 4.90 Å². The molecule has 0 fully saturated rings. The van der Waals surface area contributed by atoms with E-state index in [9.17, 15) is 4.79 Å². The number of rotatable bonds is 5. The van der Waals surface area contributed by atoms with Crippen molar-refractivity contribution >= 4 is 11.6 Å². The third-order valence-electron chi connectivity index (χ3n) is 5.12. The van der Waals surface area contributed by atoms with Gasteiger partial charge < -0.3 is 4.90 Å². The number of aryl methyl sites for hydroxylation is 2. The first-order chi connectivity index (χ1) is 12.6. The lowest BCUT2D eigenvalue weighted by Gasteiger charge is -2.31. The number of amides is 1. The molecule has 2 aromatic carbocycles. The van der Waals surface area contributed by atoms with E-state index >= 15 is 0 Å². The lowest BCUT2D eigenvalue weighted by Crippen LogP contribution is -2.42.